The van der Waals surface area contributed by atoms with Crippen LogP contribution in [0.25, 0.3) is 0 Å². The second-order valence-corrected chi connectivity index (χ2v) is 8.76. The molecule has 1 atom stereocenters. The summed E-state index contributed by atoms with van der Waals surface area (Å²) in [6, 6.07) is 13.0. The molecule has 7 nitrogen and oxygen atoms in total. The van der Waals surface area contributed by atoms with Crippen molar-refractivity contribution in [1.29, 1.82) is 0 Å². The zero-order chi connectivity index (χ0) is 23.4. The number of hydrogen-bond acceptors (Lipinski definition) is 6. The molecule has 2 aromatic carbocycles. The Kier molecular flexibility index (Phi) is 7.25. The summed E-state index contributed by atoms with van der Waals surface area (Å²) in [7, 11) is 0. The molecule has 1 aliphatic rings. The maximum Gasteiger partial charge on any atom is 0.257 e. The molecular weight excluding hydrogens is 462 g/mol. The highest BCUT2D eigenvalue weighted by Gasteiger charge is 2.31. The average molecular weight is 486 g/mol. The van der Waals surface area contributed by atoms with Crippen LogP contribution in [0.4, 0.5) is 5.82 Å². The minimum atomic E-state index is -0.442. The number of carbonyl (C=O) groups is 1. The number of amides is 1. The molecule has 0 radical (unpaired) electrons. The Morgan fingerprint density at radius 2 is 1.85 bits per heavy atom. The van der Waals surface area contributed by atoms with E-state index in [1.807, 2.05) is 56.3 Å². The number of aromatic amines is 1. The van der Waals surface area contributed by atoms with Gasteiger partial charge < -0.3 is 19.8 Å². The fourth-order valence-corrected chi connectivity index (χ4v) is 4.90. The minimum absolute atomic E-state index is 0.142. The van der Waals surface area contributed by atoms with E-state index in [0.29, 0.717) is 46.2 Å². The number of halogens is 1. The highest BCUT2D eigenvalue weighted by molar-refractivity contribution is 7.98. The normalized spacial score (nSPS) is 15.0. The highest BCUT2D eigenvalue weighted by atomic mass is 35.5. The Balaban J connectivity index is 1.66. The second-order valence-electron chi connectivity index (χ2n) is 7.39. The third-order valence-electron chi connectivity index (χ3n) is 5.22. The van der Waals surface area contributed by atoms with E-state index in [1.54, 1.807) is 0 Å². The number of H-pyrrole nitrogens is 1. The number of fused-ring (bicyclic) bond motifs is 1. The number of nitrogens with zero attached hydrogens (tertiary/aromatic N) is 1. The van der Waals surface area contributed by atoms with Gasteiger partial charge in [0.25, 0.3) is 5.56 Å². The van der Waals surface area contributed by atoms with Crippen molar-refractivity contribution in [2.75, 3.05) is 18.5 Å². The summed E-state index contributed by atoms with van der Waals surface area (Å²) < 4.78 is 11.4. The molecule has 33 heavy (non-hydrogen) atoms. The van der Waals surface area contributed by atoms with Crippen LogP contribution in [-0.4, -0.2) is 29.1 Å². The fraction of sp³-hybridized carbons (Fsp3) is 0.292. The number of rotatable bonds is 8. The van der Waals surface area contributed by atoms with Crippen molar-refractivity contribution in [3.8, 4) is 11.5 Å². The molecule has 0 spiro atoms. The van der Waals surface area contributed by atoms with Gasteiger partial charge in [-0.25, -0.2) is 4.98 Å². The molecule has 0 aliphatic carbocycles. The number of carbonyl (C=O) groups excluding carboxylic acids is 1. The predicted octanol–water partition coefficient (Wildman–Crippen LogP) is 4.99. The van der Waals surface area contributed by atoms with Crippen molar-refractivity contribution >= 4 is 35.1 Å². The van der Waals surface area contributed by atoms with Crippen molar-refractivity contribution in [1.82, 2.24) is 9.97 Å². The summed E-state index contributed by atoms with van der Waals surface area (Å²) in [5.74, 6) is 1.40. The van der Waals surface area contributed by atoms with Crippen molar-refractivity contribution < 1.29 is 14.3 Å². The molecule has 1 amide bonds. The molecule has 0 bridgehead atoms. The molecule has 0 saturated carbocycles. The first-order valence-electron chi connectivity index (χ1n) is 10.7. The van der Waals surface area contributed by atoms with Crippen molar-refractivity contribution in [2.24, 2.45) is 0 Å². The van der Waals surface area contributed by atoms with E-state index in [1.165, 1.54) is 11.8 Å². The summed E-state index contributed by atoms with van der Waals surface area (Å²) in [4.78, 5) is 33.0. The first kappa shape index (κ1) is 23.2. The average Bonchev–Trinajstić information content (AvgIpc) is 2.79. The van der Waals surface area contributed by atoms with Gasteiger partial charge >= 0.3 is 0 Å². The first-order chi connectivity index (χ1) is 16.0. The Bertz CT molecular complexity index is 1230. The number of hydrogen-bond donors (Lipinski definition) is 2. The molecule has 0 saturated heterocycles. The summed E-state index contributed by atoms with van der Waals surface area (Å²) in [5, 5.41) is 3.83. The van der Waals surface area contributed by atoms with Crippen LogP contribution >= 0.6 is 23.4 Å². The molecule has 1 unspecified atom stereocenters. The number of ether oxygens (including phenoxy) is 2. The Labute approximate surface area is 200 Å². The van der Waals surface area contributed by atoms with Crippen molar-refractivity contribution in [2.45, 2.75) is 37.1 Å². The van der Waals surface area contributed by atoms with E-state index in [2.05, 4.69) is 15.3 Å². The Morgan fingerprint density at radius 3 is 2.61 bits per heavy atom. The topological polar surface area (TPSA) is 93.3 Å². The summed E-state index contributed by atoms with van der Waals surface area (Å²) >= 11 is 7.58. The lowest BCUT2D eigenvalue weighted by molar-refractivity contribution is -0.116. The van der Waals surface area contributed by atoms with Gasteiger partial charge in [0.1, 0.15) is 5.82 Å². The van der Waals surface area contributed by atoms with Crippen LogP contribution in [0.5, 0.6) is 11.5 Å². The lowest BCUT2D eigenvalue weighted by Gasteiger charge is -2.25. The molecule has 2 heterocycles. The highest BCUT2D eigenvalue weighted by Crippen LogP contribution is 2.38. The third-order valence-corrected chi connectivity index (χ3v) is 6.51. The quantitative estimate of drug-likeness (QED) is 0.345. The van der Waals surface area contributed by atoms with Crippen molar-refractivity contribution in [3.05, 3.63) is 74.5 Å². The monoisotopic (exact) mass is 485 g/mol. The maximum atomic E-state index is 13.1. The van der Waals surface area contributed by atoms with Gasteiger partial charge in [0, 0.05) is 23.1 Å². The van der Waals surface area contributed by atoms with Crippen LogP contribution in [-0.2, 0) is 10.5 Å². The fourth-order valence-electron chi connectivity index (χ4n) is 3.75. The van der Waals surface area contributed by atoms with Crippen LogP contribution in [0, 0.1) is 0 Å². The van der Waals surface area contributed by atoms with Gasteiger partial charge in [-0.1, -0.05) is 47.6 Å². The zero-order valence-corrected chi connectivity index (χ0v) is 19.9. The number of aromatic nitrogens is 2. The van der Waals surface area contributed by atoms with E-state index < -0.39 is 5.92 Å². The third kappa shape index (κ3) is 5.17. The SMILES string of the molecule is CCOc1ccc(C2CC(=O)Nc3nc(SCc4ccccc4Cl)[nH]c(=O)c32)cc1OCC. The van der Waals surface area contributed by atoms with Crippen LogP contribution in [0.1, 0.15) is 42.9 Å². The van der Waals surface area contributed by atoms with E-state index in [4.69, 9.17) is 21.1 Å². The molecule has 4 rings (SSSR count). The van der Waals surface area contributed by atoms with Gasteiger partial charge in [-0.2, -0.15) is 0 Å². The molecule has 172 valence electrons. The molecule has 0 fully saturated rings. The molecule has 1 aliphatic heterocycles. The minimum Gasteiger partial charge on any atom is -0.490 e. The summed E-state index contributed by atoms with van der Waals surface area (Å²) in [6.45, 7) is 4.77. The van der Waals surface area contributed by atoms with Gasteiger partial charge in [-0.15, -0.1) is 0 Å². The van der Waals surface area contributed by atoms with E-state index in [-0.39, 0.29) is 23.7 Å². The zero-order valence-electron chi connectivity index (χ0n) is 18.3. The molecule has 2 N–H and O–H groups in total. The number of thioether (sulfide) groups is 1. The molecule has 1 aromatic heterocycles. The van der Waals surface area contributed by atoms with Crippen LogP contribution < -0.4 is 20.3 Å². The van der Waals surface area contributed by atoms with Gasteiger partial charge in [0.15, 0.2) is 16.7 Å². The lowest BCUT2D eigenvalue weighted by Crippen LogP contribution is -2.31. The lowest BCUT2D eigenvalue weighted by atomic mass is 9.86. The van der Waals surface area contributed by atoms with Crippen LogP contribution in [0.15, 0.2) is 52.4 Å². The van der Waals surface area contributed by atoms with E-state index >= 15 is 0 Å². The van der Waals surface area contributed by atoms with Gasteiger partial charge in [0.05, 0.1) is 18.8 Å². The summed E-state index contributed by atoms with van der Waals surface area (Å²) in [6.07, 6.45) is 0.142. The smallest absolute Gasteiger partial charge is 0.257 e. The number of nitrogens with one attached hydrogen (secondary N) is 2. The Hall–Kier alpha value is -2.97. The molecule has 3 aromatic rings. The number of anilines is 1. The maximum absolute atomic E-state index is 13.1. The van der Waals surface area contributed by atoms with Gasteiger partial charge in [-0.05, 0) is 43.2 Å². The largest absolute Gasteiger partial charge is 0.490 e. The molecule has 9 heteroatoms. The van der Waals surface area contributed by atoms with E-state index in [0.717, 1.165) is 11.1 Å². The molecular formula is C24H24ClN3O4S. The van der Waals surface area contributed by atoms with Crippen LogP contribution in [0.3, 0.4) is 0 Å². The van der Waals surface area contributed by atoms with Gasteiger partial charge in [-0.3, -0.25) is 9.59 Å². The van der Waals surface area contributed by atoms with E-state index in [9.17, 15) is 9.59 Å². The predicted molar refractivity (Wildman–Crippen MR) is 130 cm³/mol. The summed E-state index contributed by atoms with van der Waals surface area (Å²) in [5.41, 5.74) is 1.88. The second kappa shape index (κ2) is 10.3. The van der Waals surface area contributed by atoms with Gasteiger partial charge in [0.2, 0.25) is 5.91 Å². The van der Waals surface area contributed by atoms with Crippen LogP contribution in [0.2, 0.25) is 5.02 Å². The standard InChI is InChI=1S/C24H24ClN3O4S/c1-3-31-18-10-9-14(11-19(18)32-4-2)16-12-20(29)26-22-21(16)23(30)28-24(27-22)33-13-15-7-5-6-8-17(15)25/h5-11,16H,3-4,12-13H2,1-2H3,(H2,26,27,28,29,30). The van der Waals surface area contributed by atoms with Crippen molar-refractivity contribution in [3.63, 3.8) is 0 Å². The Morgan fingerprint density at radius 1 is 1.09 bits per heavy atom. The number of benzene rings is 2. The first-order valence-corrected chi connectivity index (χ1v) is 12.1.